The Morgan fingerprint density at radius 1 is 1.12 bits per heavy atom. The van der Waals surface area contributed by atoms with Crippen molar-refractivity contribution in [3.05, 3.63) is 0 Å². The standard InChI is InChI=1S/C2H4ClO3P.3C2H6O.H3N/c3-1-2-6-7(4)5;3*1-2-3;/h1-2H2;3*3H,2H2,1H3;1H3/p+1. The van der Waals surface area contributed by atoms with Crippen molar-refractivity contribution in [3.63, 3.8) is 0 Å². The molecule has 0 aliphatic carbocycles. The Morgan fingerprint density at radius 2 is 1.35 bits per heavy atom. The number of aliphatic hydroxyl groups excluding tert-OH is 3. The summed E-state index contributed by atoms with van der Waals surface area (Å²) < 4.78 is 13.5. The number of halogens is 1. The van der Waals surface area contributed by atoms with E-state index in [0.717, 1.165) is 0 Å². The van der Waals surface area contributed by atoms with E-state index in [0.29, 0.717) is 0 Å². The third-order valence-corrected chi connectivity index (χ3v) is 0.822. The maximum Gasteiger partial charge on any atom is 0.488 e. The lowest BCUT2D eigenvalue weighted by Gasteiger charge is -1.82. The lowest BCUT2D eigenvalue weighted by atomic mass is 10.9. The van der Waals surface area contributed by atoms with Gasteiger partial charge >= 0.3 is 8.25 Å². The first-order valence-corrected chi connectivity index (χ1v) is 6.30. The van der Waals surface area contributed by atoms with Crippen molar-refractivity contribution in [2.24, 2.45) is 0 Å². The third-order valence-electron chi connectivity index (χ3n) is 0.274. The van der Waals surface area contributed by atoms with Gasteiger partial charge in [0.25, 0.3) is 0 Å². The fourth-order valence-corrected chi connectivity index (χ4v) is 0.534. The lowest BCUT2D eigenvalue weighted by molar-refractivity contribution is -0.185. The van der Waals surface area contributed by atoms with Crippen molar-refractivity contribution in [1.29, 1.82) is 0 Å². The van der Waals surface area contributed by atoms with Crippen LogP contribution >= 0.6 is 19.9 Å². The monoisotopic (exact) mass is 298 g/mol. The van der Waals surface area contributed by atoms with Crippen LogP contribution < -0.4 is 11.0 Å². The van der Waals surface area contributed by atoms with Crippen LogP contribution in [0.25, 0.3) is 0 Å². The molecular formula is C8H26ClNO6P+. The Morgan fingerprint density at radius 3 is 1.41 bits per heavy atom. The first kappa shape index (κ1) is 30.3. The Kier molecular flexibility index (Phi) is 78.9. The van der Waals surface area contributed by atoms with Gasteiger partial charge in [0.05, 0.1) is 5.88 Å². The van der Waals surface area contributed by atoms with Gasteiger partial charge in [0.2, 0.25) is 0 Å². The second kappa shape index (κ2) is 44.3. The fourth-order valence-electron chi connectivity index (χ4n) is 0.109. The van der Waals surface area contributed by atoms with Crippen molar-refractivity contribution < 1.29 is 29.3 Å². The second-order valence-corrected chi connectivity index (χ2v) is 2.78. The molecule has 17 heavy (non-hydrogen) atoms. The van der Waals surface area contributed by atoms with Crippen molar-refractivity contribution in [2.75, 3.05) is 32.3 Å². The molecule has 0 amide bonds. The van der Waals surface area contributed by atoms with Gasteiger partial charge in [-0.3, -0.25) is 0 Å². The Hall–Kier alpha value is 0.150. The number of aliphatic hydroxyl groups is 3. The minimum atomic E-state index is -2.69. The summed E-state index contributed by atoms with van der Waals surface area (Å²) in [5.41, 5.74) is 0. The molecule has 0 bridgehead atoms. The molecule has 0 spiro atoms. The summed E-state index contributed by atoms with van der Waals surface area (Å²) in [6.07, 6.45) is 0. The summed E-state index contributed by atoms with van der Waals surface area (Å²) >= 11 is 5.05. The van der Waals surface area contributed by atoms with Crippen LogP contribution in [0.3, 0.4) is 0 Å². The van der Waals surface area contributed by atoms with E-state index in [1.54, 1.807) is 20.8 Å². The molecule has 0 heterocycles. The van der Waals surface area contributed by atoms with Gasteiger partial charge in [0.15, 0.2) is 0 Å². The molecule has 9 heteroatoms. The number of hydrogen-bond donors (Lipinski definition) is 4. The maximum absolute atomic E-state index is 9.51. The minimum Gasteiger partial charge on any atom is -0.566 e. The van der Waals surface area contributed by atoms with Gasteiger partial charge < -0.3 is 26.4 Å². The van der Waals surface area contributed by atoms with Crippen LogP contribution in [0, 0.1) is 0 Å². The van der Waals surface area contributed by atoms with E-state index in [2.05, 4.69) is 4.52 Å². The first-order valence-electron chi connectivity index (χ1n) is 4.67. The highest BCUT2D eigenvalue weighted by Crippen LogP contribution is 2.06. The number of rotatable bonds is 3. The van der Waals surface area contributed by atoms with Gasteiger partial charge in [-0.25, -0.2) is 0 Å². The van der Waals surface area contributed by atoms with E-state index >= 15 is 0 Å². The maximum atomic E-state index is 9.51. The summed E-state index contributed by atoms with van der Waals surface area (Å²) in [7, 11) is -2.69. The number of quaternary nitrogens is 1. The average molecular weight is 299 g/mol. The molecule has 7 nitrogen and oxygen atoms in total. The molecule has 0 fully saturated rings. The summed E-state index contributed by atoms with van der Waals surface area (Å²) in [6, 6.07) is 0. The highest BCUT2D eigenvalue weighted by molar-refractivity contribution is 7.30. The molecule has 1 atom stereocenters. The van der Waals surface area contributed by atoms with Crippen molar-refractivity contribution in [2.45, 2.75) is 20.8 Å². The van der Waals surface area contributed by atoms with E-state index < -0.39 is 8.25 Å². The summed E-state index contributed by atoms with van der Waals surface area (Å²) in [5, 5.41) is 22.7. The molecule has 0 aliphatic rings. The largest absolute Gasteiger partial charge is 0.566 e. The van der Waals surface area contributed by atoms with Crippen LogP contribution in [0.15, 0.2) is 0 Å². The smallest absolute Gasteiger partial charge is 0.488 e. The Bertz CT molecular complexity index is 107. The molecule has 7 N–H and O–H groups in total. The molecule has 0 rings (SSSR count). The Balaban J connectivity index is -0.0000000411. The van der Waals surface area contributed by atoms with E-state index in [1.165, 1.54) is 0 Å². The van der Waals surface area contributed by atoms with Crippen LogP contribution in [0.4, 0.5) is 0 Å². The van der Waals surface area contributed by atoms with Gasteiger partial charge in [0.1, 0.15) is 6.61 Å². The molecule has 0 radical (unpaired) electrons. The molecule has 0 aromatic carbocycles. The average Bonchev–Trinajstić information content (AvgIpc) is 2.18. The normalized spacial score (nSPS) is 7.88. The van der Waals surface area contributed by atoms with Crippen LogP contribution in [-0.4, -0.2) is 47.6 Å². The zero-order valence-corrected chi connectivity index (χ0v) is 12.6. The summed E-state index contributed by atoms with van der Waals surface area (Å²) in [4.78, 5) is 9.51. The Labute approximate surface area is 109 Å². The van der Waals surface area contributed by atoms with Crippen LogP contribution in [-0.2, 0) is 9.09 Å². The SMILES string of the molecule is CCO.CCO.CCO.O=[P+]([O-])OCCCl.[NH4+]. The van der Waals surface area contributed by atoms with Gasteiger partial charge in [-0.15, -0.1) is 16.1 Å². The van der Waals surface area contributed by atoms with Gasteiger partial charge in [-0.1, -0.05) is 0 Å². The van der Waals surface area contributed by atoms with Gasteiger partial charge in [0, 0.05) is 19.8 Å². The molecule has 0 saturated heterocycles. The molecule has 0 aliphatic heterocycles. The predicted octanol–water partition coefficient (Wildman–Crippen LogP) is 0.631. The molecule has 0 aromatic heterocycles. The van der Waals surface area contributed by atoms with E-state index in [9.17, 15) is 9.46 Å². The fraction of sp³-hybridized carbons (Fsp3) is 1.00. The van der Waals surface area contributed by atoms with Crippen molar-refractivity contribution in [1.82, 2.24) is 6.15 Å². The lowest BCUT2D eigenvalue weighted by Crippen LogP contribution is -1.93. The molecule has 0 aromatic rings. The van der Waals surface area contributed by atoms with Crippen LogP contribution in [0.1, 0.15) is 20.8 Å². The van der Waals surface area contributed by atoms with Gasteiger partial charge in [-0.2, -0.15) is 0 Å². The first-order chi connectivity index (χ1) is 7.51. The predicted molar refractivity (Wildman–Crippen MR) is 68.5 cm³/mol. The number of alkyl halides is 1. The summed E-state index contributed by atoms with van der Waals surface area (Å²) in [6.45, 7) is 5.86. The minimum absolute atomic E-state index is 0. The van der Waals surface area contributed by atoms with Crippen molar-refractivity contribution >= 4 is 19.9 Å². The molecular weight excluding hydrogens is 273 g/mol. The quantitative estimate of drug-likeness (QED) is 0.444. The molecule has 1 unspecified atom stereocenters. The highest BCUT2D eigenvalue weighted by Gasteiger charge is 1.96. The highest BCUT2D eigenvalue weighted by atomic mass is 35.5. The second-order valence-electron chi connectivity index (χ2n) is 1.69. The van der Waals surface area contributed by atoms with E-state index in [4.69, 9.17) is 26.9 Å². The third kappa shape index (κ3) is 188. The zero-order chi connectivity index (χ0) is 13.8. The zero-order valence-electron chi connectivity index (χ0n) is 10.9. The van der Waals surface area contributed by atoms with E-state index in [1.807, 2.05) is 0 Å². The molecule has 0 saturated carbocycles. The van der Waals surface area contributed by atoms with E-state index in [-0.39, 0.29) is 38.5 Å². The van der Waals surface area contributed by atoms with Gasteiger partial charge in [-0.05, 0) is 25.3 Å². The topological polar surface area (TPSA) is 147 Å². The van der Waals surface area contributed by atoms with Crippen LogP contribution in [0.2, 0.25) is 0 Å². The number of hydrogen-bond acceptors (Lipinski definition) is 6. The summed E-state index contributed by atoms with van der Waals surface area (Å²) in [5.74, 6) is 0.212. The van der Waals surface area contributed by atoms with Crippen molar-refractivity contribution in [3.8, 4) is 0 Å². The van der Waals surface area contributed by atoms with Crippen LogP contribution in [0.5, 0.6) is 0 Å². The molecule has 110 valence electrons.